The van der Waals surface area contributed by atoms with Gasteiger partial charge in [-0.15, -0.1) is 0 Å². The minimum Gasteiger partial charge on any atom is -0.444 e. The molecule has 25 heavy (non-hydrogen) atoms. The van der Waals surface area contributed by atoms with Crippen LogP contribution in [0.1, 0.15) is 39.2 Å². The summed E-state index contributed by atoms with van der Waals surface area (Å²) in [6, 6.07) is 9.14. The van der Waals surface area contributed by atoms with Crippen LogP contribution in [0.5, 0.6) is 0 Å². The molecule has 0 aromatic heterocycles. The van der Waals surface area contributed by atoms with Crippen molar-refractivity contribution < 1.29 is 23.8 Å². The number of benzene rings is 1. The zero-order chi connectivity index (χ0) is 18.7. The minimum absolute atomic E-state index is 0.101. The molecule has 1 unspecified atom stereocenters. The number of ketones is 1. The van der Waals surface area contributed by atoms with Crippen LogP contribution in [0.25, 0.3) is 0 Å². The first kappa shape index (κ1) is 21.1. The van der Waals surface area contributed by atoms with Crippen LogP contribution in [-0.2, 0) is 25.6 Å². The monoisotopic (exact) mass is 351 g/mol. The van der Waals surface area contributed by atoms with Gasteiger partial charge in [0.2, 0.25) is 0 Å². The van der Waals surface area contributed by atoms with E-state index in [1.807, 2.05) is 30.3 Å². The lowest BCUT2D eigenvalue weighted by atomic mass is 10.1. The van der Waals surface area contributed by atoms with E-state index in [1.54, 1.807) is 20.8 Å². The second kappa shape index (κ2) is 10.8. The summed E-state index contributed by atoms with van der Waals surface area (Å²) in [5, 5.41) is 2.56. The van der Waals surface area contributed by atoms with Crippen LogP contribution in [-0.4, -0.2) is 43.8 Å². The number of Topliss-reactive ketones (excluding diaryl/α,β-unsaturated/α-hetero) is 1. The van der Waals surface area contributed by atoms with Crippen molar-refractivity contribution in [3.05, 3.63) is 35.9 Å². The van der Waals surface area contributed by atoms with Crippen LogP contribution in [0, 0.1) is 0 Å². The fraction of sp³-hybridized carbons (Fsp3) is 0.579. The maximum atomic E-state index is 12.3. The Morgan fingerprint density at radius 2 is 1.84 bits per heavy atom. The van der Waals surface area contributed by atoms with Crippen molar-refractivity contribution in [2.45, 2.75) is 51.9 Å². The van der Waals surface area contributed by atoms with E-state index in [4.69, 9.17) is 14.2 Å². The van der Waals surface area contributed by atoms with Gasteiger partial charge >= 0.3 is 6.09 Å². The Balaban J connectivity index is 2.31. The summed E-state index contributed by atoms with van der Waals surface area (Å²) < 4.78 is 15.8. The molecule has 1 atom stereocenters. The van der Waals surface area contributed by atoms with Gasteiger partial charge in [0, 0.05) is 20.1 Å². The van der Waals surface area contributed by atoms with E-state index in [0.717, 1.165) is 5.56 Å². The Kier molecular flexibility index (Phi) is 9.16. The van der Waals surface area contributed by atoms with E-state index in [1.165, 1.54) is 7.11 Å². The number of carbonyl (C=O) groups is 2. The highest BCUT2D eigenvalue weighted by molar-refractivity contribution is 5.87. The first-order valence-corrected chi connectivity index (χ1v) is 8.44. The lowest BCUT2D eigenvalue weighted by Gasteiger charge is -2.22. The third kappa shape index (κ3) is 9.84. The number of amides is 1. The number of rotatable bonds is 10. The maximum absolute atomic E-state index is 12.3. The summed E-state index contributed by atoms with van der Waals surface area (Å²) in [7, 11) is 1.49. The molecule has 1 amide bonds. The molecule has 1 N–H and O–H groups in total. The van der Waals surface area contributed by atoms with Crippen LogP contribution >= 0.6 is 0 Å². The first-order chi connectivity index (χ1) is 11.8. The predicted octanol–water partition coefficient (Wildman–Crippen LogP) is 3.09. The van der Waals surface area contributed by atoms with Gasteiger partial charge in [0.15, 0.2) is 5.78 Å². The highest BCUT2D eigenvalue weighted by Crippen LogP contribution is 2.08. The smallest absolute Gasteiger partial charge is 0.408 e. The van der Waals surface area contributed by atoms with E-state index in [0.29, 0.717) is 26.1 Å². The van der Waals surface area contributed by atoms with Crippen LogP contribution in [0.2, 0.25) is 0 Å². The van der Waals surface area contributed by atoms with Gasteiger partial charge in [0.25, 0.3) is 0 Å². The molecular weight excluding hydrogens is 322 g/mol. The number of hydrogen-bond acceptors (Lipinski definition) is 5. The molecule has 0 saturated heterocycles. The molecule has 0 heterocycles. The van der Waals surface area contributed by atoms with Gasteiger partial charge in [-0.2, -0.15) is 0 Å². The topological polar surface area (TPSA) is 73.9 Å². The number of methoxy groups -OCH3 is 1. The average molecular weight is 351 g/mol. The fourth-order valence-corrected chi connectivity index (χ4v) is 2.12. The van der Waals surface area contributed by atoms with E-state index in [2.05, 4.69) is 5.32 Å². The van der Waals surface area contributed by atoms with Crippen molar-refractivity contribution in [2.24, 2.45) is 0 Å². The number of nitrogens with one attached hydrogen (secondary N) is 1. The van der Waals surface area contributed by atoms with Crippen LogP contribution in [0.4, 0.5) is 4.79 Å². The predicted molar refractivity (Wildman–Crippen MR) is 95.4 cm³/mol. The number of alkyl carbamates (subject to hydrolysis) is 1. The first-order valence-electron chi connectivity index (χ1n) is 8.44. The van der Waals surface area contributed by atoms with E-state index in [-0.39, 0.29) is 12.4 Å². The Hall–Kier alpha value is -1.92. The van der Waals surface area contributed by atoms with Crippen molar-refractivity contribution in [2.75, 3.05) is 20.3 Å². The van der Waals surface area contributed by atoms with Crippen molar-refractivity contribution in [1.29, 1.82) is 0 Å². The molecule has 6 heteroatoms. The molecule has 0 fully saturated rings. The van der Waals surface area contributed by atoms with Gasteiger partial charge in [-0.05, 0) is 32.8 Å². The van der Waals surface area contributed by atoms with Crippen LogP contribution in [0.3, 0.4) is 0 Å². The lowest BCUT2D eigenvalue weighted by Crippen LogP contribution is -2.46. The molecule has 0 aliphatic heterocycles. The summed E-state index contributed by atoms with van der Waals surface area (Å²) in [5.74, 6) is -0.101. The molecule has 140 valence electrons. The molecule has 0 aliphatic carbocycles. The normalized spacial score (nSPS) is 12.5. The van der Waals surface area contributed by atoms with Crippen molar-refractivity contribution in [3.63, 3.8) is 0 Å². The summed E-state index contributed by atoms with van der Waals surface area (Å²) >= 11 is 0. The fourth-order valence-electron chi connectivity index (χ4n) is 2.12. The van der Waals surface area contributed by atoms with Gasteiger partial charge in [0.1, 0.15) is 11.6 Å². The molecular formula is C19H29NO5. The summed E-state index contributed by atoms with van der Waals surface area (Å²) in [5.41, 5.74) is 0.480. The molecule has 0 aliphatic rings. The highest BCUT2D eigenvalue weighted by Gasteiger charge is 2.23. The van der Waals surface area contributed by atoms with Crippen molar-refractivity contribution in [3.8, 4) is 0 Å². The van der Waals surface area contributed by atoms with Crippen molar-refractivity contribution in [1.82, 2.24) is 5.32 Å². The second-order valence-corrected chi connectivity index (χ2v) is 6.76. The van der Waals surface area contributed by atoms with Gasteiger partial charge in [-0.1, -0.05) is 30.3 Å². The molecule has 0 saturated carbocycles. The van der Waals surface area contributed by atoms with E-state index < -0.39 is 17.7 Å². The van der Waals surface area contributed by atoms with Crippen LogP contribution < -0.4 is 5.32 Å². The average Bonchev–Trinajstić information content (AvgIpc) is 2.53. The third-order valence-electron chi connectivity index (χ3n) is 3.24. The Bertz CT molecular complexity index is 524. The molecule has 0 bridgehead atoms. The summed E-state index contributed by atoms with van der Waals surface area (Å²) in [6.07, 6.45) is 0.267. The molecule has 1 aromatic carbocycles. The summed E-state index contributed by atoms with van der Waals surface area (Å²) in [4.78, 5) is 24.1. The number of ether oxygens (including phenoxy) is 3. The maximum Gasteiger partial charge on any atom is 0.408 e. The van der Waals surface area contributed by atoms with Crippen molar-refractivity contribution >= 4 is 11.9 Å². The Labute approximate surface area is 149 Å². The standard InChI is InChI=1S/C19H29NO5/c1-19(2,3)25-18(22)20-16(14-23-4)17(21)11-8-12-24-13-15-9-6-5-7-10-15/h5-7,9-10,16H,8,11-14H2,1-4H3,(H,20,22). The molecule has 6 nitrogen and oxygen atoms in total. The quantitative estimate of drug-likeness (QED) is 0.656. The number of carbonyl (C=O) groups excluding carboxylic acids is 2. The molecule has 0 radical (unpaired) electrons. The van der Waals surface area contributed by atoms with E-state index >= 15 is 0 Å². The number of hydrogen-bond donors (Lipinski definition) is 1. The molecule has 1 aromatic rings. The molecule has 1 rings (SSSR count). The minimum atomic E-state index is -0.714. The zero-order valence-corrected chi connectivity index (χ0v) is 15.5. The lowest BCUT2D eigenvalue weighted by molar-refractivity contribution is -0.122. The van der Waals surface area contributed by atoms with Gasteiger partial charge in [0.05, 0.1) is 13.2 Å². The Morgan fingerprint density at radius 3 is 2.44 bits per heavy atom. The molecule has 0 spiro atoms. The Morgan fingerprint density at radius 1 is 1.16 bits per heavy atom. The van der Waals surface area contributed by atoms with Gasteiger partial charge < -0.3 is 19.5 Å². The third-order valence-corrected chi connectivity index (χ3v) is 3.24. The second-order valence-electron chi connectivity index (χ2n) is 6.76. The van der Waals surface area contributed by atoms with Crippen LogP contribution in [0.15, 0.2) is 30.3 Å². The van der Waals surface area contributed by atoms with Gasteiger partial charge in [-0.25, -0.2) is 4.79 Å². The SMILES string of the molecule is COCC(NC(=O)OC(C)(C)C)C(=O)CCCOCc1ccccc1. The van der Waals surface area contributed by atoms with Gasteiger partial charge in [-0.3, -0.25) is 4.79 Å². The highest BCUT2D eigenvalue weighted by atomic mass is 16.6. The zero-order valence-electron chi connectivity index (χ0n) is 15.5. The summed E-state index contributed by atoms with van der Waals surface area (Å²) in [6.45, 7) is 6.42. The largest absolute Gasteiger partial charge is 0.444 e. The van der Waals surface area contributed by atoms with E-state index in [9.17, 15) is 9.59 Å².